The molecule has 0 bridgehead atoms. The number of aryl methyl sites for hydroxylation is 1. The topological polar surface area (TPSA) is 110 Å². The summed E-state index contributed by atoms with van der Waals surface area (Å²) in [7, 11) is 0. The highest BCUT2D eigenvalue weighted by atomic mass is 32.2. The van der Waals surface area contributed by atoms with Gasteiger partial charge < -0.3 is 15.4 Å². The van der Waals surface area contributed by atoms with Crippen molar-refractivity contribution in [2.45, 2.75) is 25.9 Å². The summed E-state index contributed by atoms with van der Waals surface area (Å²) in [5, 5.41) is 6.32. The first kappa shape index (κ1) is 23.4. The van der Waals surface area contributed by atoms with Crippen LogP contribution in [0.3, 0.4) is 0 Å². The van der Waals surface area contributed by atoms with Crippen molar-refractivity contribution in [3.63, 3.8) is 0 Å². The molecule has 10 heteroatoms. The molecule has 0 saturated heterocycles. The van der Waals surface area contributed by atoms with Crippen molar-refractivity contribution in [1.29, 1.82) is 0 Å². The number of thioether (sulfide) groups is 1. The van der Waals surface area contributed by atoms with E-state index in [1.165, 1.54) is 11.8 Å². The molecule has 32 heavy (non-hydrogen) atoms. The molecule has 2 aromatic heterocycles. The van der Waals surface area contributed by atoms with Gasteiger partial charge in [0.1, 0.15) is 9.88 Å². The number of nitrogens with zero attached hydrogens (tertiary/aromatic N) is 2. The lowest BCUT2D eigenvalue weighted by Crippen LogP contribution is -2.18. The summed E-state index contributed by atoms with van der Waals surface area (Å²) in [5.41, 5.74) is 2.08. The van der Waals surface area contributed by atoms with Crippen LogP contribution in [0.15, 0.2) is 47.8 Å². The maximum absolute atomic E-state index is 13.0. The van der Waals surface area contributed by atoms with Gasteiger partial charge in [-0.2, -0.15) is 0 Å². The van der Waals surface area contributed by atoms with Gasteiger partial charge in [0.05, 0.1) is 17.9 Å². The second-order valence-corrected chi connectivity index (χ2v) is 8.58. The highest BCUT2D eigenvalue weighted by Gasteiger charge is 2.26. The van der Waals surface area contributed by atoms with Gasteiger partial charge in [-0.25, -0.2) is 14.8 Å². The highest BCUT2D eigenvalue weighted by molar-refractivity contribution is 7.99. The fourth-order valence-electron chi connectivity index (χ4n) is 2.77. The quantitative estimate of drug-likeness (QED) is 0.287. The van der Waals surface area contributed by atoms with Crippen molar-refractivity contribution < 1.29 is 19.1 Å². The Morgan fingerprint density at radius 3 is 2.53 bits per heavy atom. The van der Waals surface area contributed by atoms with Crippen LogP contribution >= 0.6 is 23.1 Å². The zero-order valence-corrected chi connectivity index (χ0v) is 19.4. The van der Waals surface area contributed by atoms with Crippen LogP contribution in [0.4, 0.5) is 10.7 Å². The van der Waals surface area contributed by atoms with Gasteiger partial charge in [0.2, 0.25) is 5.91 Å². The van der Waals surface area contributed by atoms with Crippen molar-refractivity contribution >= 4 is 51.6 Å². The average molecular weight is 471 g/mol. The first-order valence-electron chi connectivity index (χ1n) is 9.78. The number of amides is 2. The van der Waals surface area contributed by atoms with E-state index >= 15 is 0 Å². The van der Waals surface area contributed by atoms with E-state index in [1.54, 1.807) is 50.4 Å². The first-order valence-corrected chi connectivity index (χ1v) is 11.6. The van der Waals surface area contributed by atoms with Gasteiger partial charge >= 0.3 is 5.97 Å². The zero-order chi connectivity index (χ0) is 23.1. The second kappa shape index (κ2) is 10.9. The van der Waals surface area contributed by atoms with E-state index in [0.29, 0.717) is 16.4 Å². The fraction of sp³-hybridized carbons (Fsp3) is 0.227. The van der Waals surface area contributed by atoms with Crippen molar-refractivity contribution in [2.75, 3.05) is 23.0 Å². The van der Waals surface area contributed by atoms with Gasteiger partial charge in [-0.1, -0.05) is 30.0 Å². The number of aromatic nitrogens is 2. The molecule has 0 aliphatic heterocycles. The number of ether oxygens (including phenoxy) is 1. The summed E-state index contributed by atoms with van der Waals surface area (Å²) in [6.07, 6.45) is 1.63. The fourth-order valence-corrected chi connectivity index (χ4v) is 4.56. The summed E-state index contributed by atoms with van der Waals surface area (Å²) >= 11 is 2.20. The number of para-hydroxylation sites is 1. The molecule has 3 aromatic rings. The van der Waals surface area contributed by atoms with Crippen LogP contribution in [0.5, 0.6) is 0 Å². The summed E-state index contributed by atoms with van der Waals surface area (Å²) < 4.78 is 5.10. The van der Waals surface area contributed by atoms with Gasteiger partial charge in [-0.05, 0) is 44.5 Å². The number of thiophene rings is 1. The van der Waals surface area contributed by atoms with Crippen LogP contribution in [-0.2, 0) is 9.53 Å². The van der Waals surface area contributed by atoms with Crippen molar-refractivity contribution in [3.8, 4) is 0 Å². The lowest BCUT2D eigenvalue weighted by atomic mass is 10.1. The Labute approximate surface area is 193 Å². The normalized spacial score (nSPS) is 10.5. The van der Waals surface area contributed by atoms with Gasteiger partial charge in [0.25, 0.3) is 5.91 Å². The Balaban J connectivity index is 1.82. The molecule has 2 amide bonds. The molecule has 166 valence electrons. The number of hydrogen-bond donors (Lipinski definition) is 2. The van der Waals surface area contributed by atoms with Gasteiger partial charge in [0.15, 0.2) is 5.16 Å². The van der Waals surface area contributed by atoms with E-state index in [1.807, 2.05) is 13.0 Å². The molecule has 2 heterocycles. The molecule has 0 saturated carbocycles. The third-order valence-corrected chi connectivity index (χ3v) is 6.27. The SMILES string of the molecule is CCOC(=O)c1sc(NC(=O)CSc2nccc(C)n2)c(C(=O)Nc2ccccc2)c1C. The highest BCUT2D eigenvalue weighted by Crippen LogP contribution is 2.34. The number of anilines is 2. The first-order chi connectivity index (χ1) is 15.4. The van der Waals surface area contributed by atoms with E-state index in [4.69, 9.17) is 4.74 Å². The minimum absolute atomic E-state index is 0.0505. The Morgan fingerprint density at radius 1 is 1.09 bits per heavy atom. The third-order valence-electron chi connectivity index (χ3n) is 4.22. The Morgan fingerprint density at radius 2 is 1.84 bits per heavy atom. The van der Waals surface area contributed by atoms with Crippen molar-refractivity contribution in [3.05, 3.63) is 64.3 Å². The van der Waals surface area contributed by atoms with Crippen LogP contribution < -0.4 is 10.6 Å². The van der Waals surface area contributed by atoms with Crippen LogP contribution in [-0.4, -0.2) is 40.1 Å². The molecule has 0 aliphatic rings. The Kier molecular flexibility index (Phi) is 7.96. The van der Waals surface area contributed by atoms with Crippen LogP contribution in [0.25, 0.3) is 0 Å². The number of carbonyl (C=O) groups is 3. The number of hydrogen-bond acceptors (Lipinski definition) is 8. The smallest absolute Gasteiger partial charge is 0.348 e. The molecule has 0 unspecified atom stereocenters. The van der Waals surface area contributed by atoms with Crippen LogP contribution in [0.2, 0.25) is 0 Å². The average Bonchev–Trinajstić information content (AvgIpc) is 3.09. The largest absolute Gasteiger partial charge is 0.462 e. The molecule has 0 spiro atoms. The molecular weight excluding hydrogens is 448 g/mol. The molecule has 0 aliphatic carbocycles. The van der Waals surface area contributed by atoms with Gasteiger partial charge in [-0.3, -0.25) is 9.59 Å². The maximum atomic E-state index is 13.0. The second-order valence-electron chi connectivity index (χ2n) is 6.62. The van der Waals surface area contributed by atoms with Gasteiger partial charge in [0, 0.05) is 17.6 Å². The van der Waals surface area contributed by atoms with Crippen LogP contribution in [0.1, 0.15) is 38.2 Å². The van der Waals surface area contributed by atoms with Gasteiger partial charge in [-0.15, -0.1) is 11.3 Å². The minimum Gasteiger partial charge on any atom is -0.462 e. The molecule has 0 fully saturated rings. The summed E-state index contributed by atoms with van der Waals surface area (Å²) in [4.78, 5) is 46.6. The number of nitrogens with one attached hydrogen (secondary N) is 2. The predicted octanol–water partition coefficient (Wildman–Crippen LogP) is 4.31. The minimum atomic E-state index is -0.535. The number of rotatable bonds is 8. The van der Waals surface area contributed by atoms with Crippen molar-refractivity contribution in [2.24, 2.45) is 0 Å². The van der Waals surface area contributed by atoms with E-state index in [-0.39, 0.29) is 33.7 Å². The zero-order valence-electron chi connectivity index (χ0n) is 17.8. The lowest BCUT2D eigenvalue weighted by Gasteiger charge is -2.09. The van der Waals surface area contributed by atoms with E-state index in [0.717, 1.165) is 17.0 Å². The molecule has 0 atom stereocenters. The van der Waals surface area contributed by atoms with E-state index in [9.17, 15) is 14.4 Å². The summed E-state index contributed by atoms with van der Waals surface area (Å²) in [6.45, 7) is 5.41. The monoisotopic (exact) mass is 470 g/mol. The molecule has 0 radical (unpaired) electrons. The van der Waals surface area contributed by atoms with Crippen molar-refractivity contribution in [1.82, 2.24) is 9.97 Å². The molecular formula is C22H22N4O4S2. The number of esters is 1. The third kappa shape index (κ3) is 5.92. The standard InChI is InChI=1S/C22H22N4O4S2/c1-4-30-21(29)18-14(3)17(19(28)25-15-8-6-5-7-9-15)20(32-18)26-16(27)12-31-22-23-11-10-13(2)24-22/h5-11H,4,12H2,1-3H3,(H,25,28)(H,26,27). The summed E-state index contributed by atoms with van der Waals surface area (Å²) in [6, 6.07) is 10.7. The Hall–Kier alpha value is -3.24. The predicted molar refractivity (Wildman–Crippen MR) is 126 cm³/mol. The molecule has 2 N–H and O–H groups in total. The van der Waals surface area contributed by atoms with E-state index in [2.05, 4.69) is 20.6 Å². The maximum Gasteiger partial charge on any atom is 0.348 e. The summed E-state index contributed by atoms with van der Waals surface area (Å²) in [5.74, 6) is -1.25. The lowest BCUT2D eigenvalue weighted by molar-refractivity contribution is -0.113. The molecule has 3 rings (SSSR count). The Bertz CT molecular complexity index is 1130. The van der Waals surface area contributed by atoms with E-state index < -0.39 is 11.9 Å². The molecule has 1 aromatic carbocycles. The molecule has 8 nitrogen and oxygen atoms in total. The van der Waals surface area contributed by atoms with Crippen LogP contribution in [0, 0.1) is 13.8 Å². The number of benzene rings is 1. The number of carbonyl (C=O) groups excluding carboxylic acids is 3.